The number of aromatic carboxylic acids is 1. The summed E-state index contributed by atoms with van der Waals surface area (Å²) in [5.74, 6) is -1.08. The van der Waals surface area contributed by atoms with E-state index in [1.54, 1.807) is 48.5 Å². The SMILES string of the molecule is O=C(O)c1cn(-c2ccc(Cl)cc2)c(=O)c2ccccc12. The van der Waals surface area contributed by atoms with Crippen LogP contribution in [0, 0.1) is 0 Å². The van der Waals surface area contributed by atoms with Gasteiger partial charge in [-0.15, -0.1) is 0 Å². The van der Waals surface area contributed by atoms with E-state index in [2.05, 4.69) is 0 Å². The minimum Gasteiger partial charge on any atom is -0.478 e. The number of carbonyl (C=O) groups is 1. The van der Waals surface area contributed by atoms with Crippen molar-refractivity contribution < 1.29 is 9.90 Å². The van der Waals surface area contributed by atoms with Crippen molar-refractivity contribution in [2.45, 2.75) is 0 Å². The Morgan fingerprint density at radius 3 is 2.24 bits per heavy atom. The summed E-state index contributed by atoms with van der Waals surface area (Å²) in [6.07, 6.45) is 1.34. The fourth-order valence-electron chi connectivity index (χ4n) is 2.26. The summed E-state index contributed by atoms with van der Waals surface area (Å²) < 4.78 is 1.32. The average Bonchev–Trinajstić information content (AvgIpc) is 2.49. The molecule has 3 rings (SSSR count). The highest BCUT2D eigenvalue weighted by molar-refractivity contribution is 6.30. The molecule has 0 amide bonds. The molecule has 0 spiro atoms. The molecular formula is C16H10ClNO3. The van der Waals surface area contributed by atoms with E-state index in [-0.39, 0.29) is 11.1 Å². The predicted molar refractivity (Wildman–Crippen MR) is 81.5 cm³/mol. The smallest absolute Gasteiger partial charge is 0.337 e. The molecule has 0 unspecified atom stereocenters. The summed E-state index contributed by atoms with van der Waals surface area (Å²) in [4.78, 5) is 24.0. The number of fused-ring (bicyclic) bond motifs is 1. The molecule has 0 radical (unpaired) electrons. The van der Waals surface area contributed by atoms with Gasteiger partial charge in [0.2, 0.25) is 0 Å². The summed E-state index contributed by atoms with van der Waals surface area (Å²) >= 11 is 5.83. The van der Waals surface area contributed by atoms with Crippen LogP contribution in [0.3, 0.4) is 0 Å². The van der Waals surface area contributed by atoms with Gasteiger partial charge in [-0.3, -0.25) is 9.36 Å². The third kappa shape index (κ3) is 2.30. The second-order valence-corrected chi connectivity index (χ2v) is 4.98. The van der Waals surface area contributed by atoms with Crippen molar-refractivity contribution in [2.75, 3.05) is 0 Å². The van der Waals surface area contributed by atoms with Crippen molar-refractivity contribution in [1.82, 2.24) is 4.57 Å². The monoisotopic (exact) mass is 299 g/mol. The number of carboxylic acid groups (broad SMARTS) is 1. The molecule has 1 N–H and O–H groups in total. The second kappa shape index (κ2) is 5.07. The largest absolute Gasteiger partial charge is 0.478 e. The molecule has 0 aliphatic rings. The van der Waals surface area contributed by atoms with E-state index in [0.29, 0.717) is 21.5 Å². The molecule has 104 valence electrons. The van der Waals surface area contributed by atoms with Crippen LogP contribution in [-0.4, -0.2) is 15.6 Å². The van der Waals surface area contributed by atoms with Crippen molar-refractivity contribution in [2.24, 2.45) is 0 Å². The zero-order valence-electron chi connectivity index (χ0n) is 10.8. The van der Waals surface area contributed by atoms with Gasteiger partial charge in [0.25, 0.3) is 5.56 Å². The van der Waals surface area contributed by atoms with E-state index in [4.69, 9.17) is 11.6 Å². The van der Waals surface area contributed by atoms with E-state index >= 15 is 0 Å². The van der Waals surface area contributed by atoms with Crippen LogP contribution >= 0.6 is 11.6 Å². The summed E-state index contributed by atoms with van der Waals surface area (Å²) in [7, 11) is 0. The number of aromatic nitrogens is 1. The maximum absolute atomic E-state index is 12.5. The number of hydrogen-bond donors (Lipinski definition) is 1. The Hall–Kier alpha value is -2.59. The first-order valence-electron chi connectivity index (χ1n) is 6.21. The molecule has 5 heteroatoms. The quantitative estimate of drug-likeness (QED) is 0.789. The topological polar surface area (TPSA) is 59.3 Å². The van der Waals surface area contributed by atoms with E-state index in [1.165, 1.54) is 10.8 Å². The van der Waals surface area contributed by atoms with Gasteiger partial charge in [0.1, 0.15) is 0 Å². The number of pyridine rings is 1. The molecule has 0 saturated heterocycles. The molecule has 0 saturated carbocycles. The number of rotatable bonds is 2. The van der Waals surface area contributed by atoms with Crippen molar-refractivity contribution in [1.29, 1.82) is 0 Å². The minimum atomic E-state index is -1.08. The highest BCUT2D eigenvalue weighted by Crippen LogP contribution is 2.18. The van der Waals surface area contributed by atoms with Crippen LogP contribution in [0.5, 0.6) is 0 Å². The fraction of sp³-hybridized carbons (Fsp3) is 0. The average molecular weight is 300 g/mol. The van der Waals surface area contributed by atoms with Gasteiger partial charge >= 0.3 is 5.97 Å². The van der Waals surface area contributed by atoms with E-state index in [9.17, 15) is 14.7 Å². The van der Waals surface area contributed by atoms with Gasteiger partial charge in [-0.25, -0.2) is 4.79 Å². The van der Waals surface area contributed by atoms with Crippen LogP contribution in [0.15, 0.2) is 59.5 Å². The number of nitrogens with zero attached hydrogens (tertiary/aromatic N) is 1. The van der Waals surface area contributed by atoms with Crippen LogP contribution < -0.4 is 5.56 Å². The maximum Gasteiger partial charge on any atom is 0.337 e. The molecule has 1 heterocycles. The molecular weight excluding hydrogens is 290 g/mol. The lowest BCUT2D eigenvalue weighted by Gasteiger charge is -2.10. The number of hydrogen-bond acceptors (Lipinski definition) is 2. The van der Waals surface area contributed by atoms with E-state index in [0.717, 1.165) is 0 Å². The van der Waals surface area contributed by atoms with Crippen molar-refractivity contribution in [3.63, 3.8) is 0 Å². The third-order valence-corrected chi connectivity index (χ3v) is 3.51. The van der Waals surface area contributed by atoms with Crippen LogP contribution in [0.25, 0.3) is 16.5 Å². The van der Waals surface area contributed by atoms with Gasteiger partial charge in [-0.1, -0.05) is 29.8 Å². The summed E-state index contributed by atoms with van der Waals surface area (Å²) in [5.41, 5.74) is 0.385. The first kappa shape index (κ1) is 13.4. The summed E-state index contributed by atoms with van der Waals surface area (Å²) in [5, 5.41) is 10.7. The lowest BCUT2D eigenvalue weighted by Crippen LogP contribution is -2.20. The van der Waals surface area contributed by atoms with Gasteiger partial charge in [-0.2, -0.15) is 0 Å². The Labute approximate surface area is 124 Å². The highest BCUT2D eigenvalue weighted by Gasteiger charge is 2.14. The fourth-order valence-corrected chi connectivity index (χ4v) is 2.38. The minimum absolute atomic E-state index is 0.0835. The lowest BCUT2D eigenvalue weighted by atomic mass is 10.1. The zero-order valence-corrected chi connectivity index (χ0v) is 11.5. The molecule has 1 aromatic heterocycles. The molecule has 4 nitrogen and oxygen atoms in total. The Bertz CT molecular complexity index is 898. The van der Waals surface area contributed by atoms with Gasteiger partial charge in [0.15, 0.2) is 0 Å². The van der Waals surface area contributed by atoms with Gasteiger partial charge < -0.3 is 5.11 Å². The first-order chi connectivity index (χ1) is 10.1. The molecule has 0 fully saturated rings. The van der Waals surface area contributed by atoms with E-state index in [1.807, 2.05) is 0 Å². The Morgan fingerprint density at radius 2 is 1.62 bits per heavy atom. The molecule has 0 atom stereocenters. The van der Waals surface area contributed by atoms with Crippen LogP contribution in [-0.2, 0) is 0 Å². The molecule has 21 heavy (non-hydrogen) atoms. The number of benzene rings is 2. The van der Waals surface area contributed by atoms with E-state index < -0.39 is 5.97 Å². The summed E-state index contributed by atoms with van der Waals surface area (Å²) in [6.45, 7) is 0. The van der Waals surface area contributed by atoms with Crippen molar-refractivity contribution in [3.05, 3.63) is 75.7 Å². The van der Waals surface area contributed by atoms with Gasteiger partial charge in [0.05, 0.1) is 5.56 Å². The molecule has 0 bridgehead atoms. The predicted octanol–water partition coefficient (Wildman–Crippen LogP) is 3.34. The lowest BCUT2D eigenvalue weighted by molar-refractivity contribution is 0.0698. The van der Waals surface area contributed by atoms with Gasteiger partial charge in [0, 0.05) is 27.7 Å². The highest BCUT2D eigenvalue weighted by atomic mass is 35.5. The number of carboxylic acids is 1. The zero-order chi connectivity index (χ0) is 15.0. The Kier molecular flexibility index (Phi) is 3.23. The Morgan fingerprint density at radius 1 is 1.00 bits per heavy atom. The summed E-state index contributed by atoms with van der Waals surface area (Å²) in [6, 6.07) is 13.3. The Balaban J connectivity index is 2.39. The molecule has 0 aliphatic carbocycles. The van der Waals surface area contributed by atoms with Crippen LogP contribution in [0.4, 0.5) is 0 Å². The van der Waals surface area contributed by atoms with Gasteiger partial charge in [-0.05, 0) is 30.3 Å². The van der Waals surface area contributed by atoms with Crippen molar-refractivity contribution >= 4 is 28.3 Å². The molecule has 0 aliphatic heterocycles. The van der Waals surface area contributed by atoms with Crippen LogP contribution in [0.2, 0.25) is 5.02 Å². The normalized spacial score (nSPS) is 10.7. The molecule has 3 aromatic rings. The second-order valence-electron chi connectivity index (χ2n) is 4.55. The first-order valence-corrected chi connectivity index (χ1v) is 6.59. The third-order valence-electron chi connectivity index (χ3n) is 3.26. The number of halogens is 1. The maximum atomic E-state index is 12.5. The molecule has 2 aromatic carbocycles. The van der Waals surface area contributed by atoms with Crippen LogP contribution in [0.1, 0.15) is 10.4 Å². The standard InChI is InChI=1S/C16H10ClNO3/c17-10-5-7-11(8-6-10)18-9-14(16(20)21)12-3-1-2-4-13(12)15(18)19/h1-9H,(H,20,21). The van der Waals surface area contributed by atoms with Crippen molar-refractivity contribution in [3.8, 4) is 5.69 Å².